The van der Waals surface area contributed by atoms with E-state index in [1.54, 1.807) is 0 Å². The number of aromatic nitrogens is 3. The Kier molecular flexibility index (Phi) is 5.07. The number of rotatable bonds is 6. The van der Waals surface area contributed by atoms with E-state index in [2.05, 4.69) is 25.7 Å². The van der Waals surface area contributed by atoms with Crippen molar-refractivity contribution in [1.82, 2.24) is 15.0 Å². The zero-order valence-electron chi connectivity index (χ0n) is 11.2. The van der Waals surface area contributed by atoms with Crippen LogP contribution in [0.5, 0.6) is 6.01 Å². The minimum absolute atomic E-state index is 0.106. The smallest absolute Gasteiger partial charge is 0.323 e. The molecule has 4 N–H and O–H groups in total. The third kappa shape index (κ3) is 4.14. The van der Waals surface area contributed by atoms with Gasteiger partial charge in [0.05, 0.1) is 17.3 Å². The number of nitrogens with zero attached hydrogens (tertiary/aromatic N) is 3. The van der Waals surface area contributed by atoms with Crippen LogP contribution < -0.4 is 21.3 Å². The highest BCUT2D eigenvalue weighted by Crippen LogP contribution is 2.25. The van der Waals surface area contributed by atoms with Gasteiger partial charge in [-0.2, -0.15) is 15.0 Å². The number of hydrogen-bond acceptors (Lipinski definition) is 7. The zero-order chi connectivity index (χ0) is 15.2. The lowest BCUT2D eigenvalue weighted by Crippen LogP contribution is -2.14. The largest absolute Gasteiger partial charge is 0.463 e. The monoisotopic (exact) mass is 312 g/mol. The molecule has 0 saturated carbocycles. The Morgan fingerprint density at radius 1 is 1.29 bits per heavy atom. The number of anilines is 3. The molecule has 0 unspecified atom stereocenters. The van der Waals surface area contributed by atoms with Gasteiger partial charge in [0.15, 0.2) is 0 Å². The minimum Gasteiger partial charge on any atom is -0.463 e. The second-order valence-corrected chi connectivity index (χ2v) is 4.41. The minimum atomic E-state index is -0.435. The van der Waals surface area contributed by atoms with Gasteiger partial charge in [0.1, 0.15) is 5.82 Å². The van der Waals surface area contributed by atoms with E-state index >= 15 is 0 Å². The number of hydrogen-bond donors (Lipinski definition) is 3. The first-order valence-electron chi connectivity index (χ1n) is 6.20. The van der Waals surface area contributed by atoms with Crippen LogP contribution in [-0.4, -0.2) is 21.6 Å². The second kappa shape index (κ2) is 7.00. The third-order valence-electron chi connectivity index (χ3n) is 2.35. The molecule has 0 aliphatic carbocycles. The van der Waals surface area contributed by atoms with Gasteiger partial charge in [-0.1, -0.05) is 18.5 Å². The van der Waals surface area contributed by atoms with E-state index in [-0.39, 0.29) is 17.9 Å². The van der Waals surface area contributed by atoms with Gasteiger partial charge in [0.2, 0.25) is 11.9 Å². The maximum atomic E-state index is 13.2. The fraction of sp³-hybridized carbons (Fsp3) is 0.250. The fourth-order valence-corrected chi connectivity index (χ4v) is 1.61. The topological polar surface area (TPSA) is 98.0 Å². The van der Waals surface area contributed by atoms with Crippen LogP contribution >= 0.6 is 11.6 Å². The van der Waals surface area contributed by atoms with E-state index in [4.69, 9.17) is 22.2 Å². The van der Waals surface area contributed by atoms with Crippen LogP contribution in [0, 0.1) is 5.82 Å². The standard InChI is InChI=1S/C12H14ClFN6O/c1-2-5-21-12-18-10(17-11(19-12)20-15)16-9-6-7(14)3-4-8(9)13/h3-4,6H,2,5,15H2,1H3,(H2,16,17,18,19,20). The van der Waals surface area contributed by atoms with E-state index in [0.29, 0.717) is 17.3 Å². The summed E-state index contributed by atoms with van der Waals surface area (Å²) in [7, 11) is 0. The summed E-state index contributed by atoms with van der Waals surface area (Å²) >= 11 is 5.97. The SMILES string of the molecule is CCCOc1nc(NN)nc(Nc2cc(F)ccc2Cl)n1. The van der Waals surface area contributed by atoms with Crippen LogP contribution in [-0.2, 0) is 0 Å². The molecule has 0 saturated heterocycles. The van der Waals surface area contributed by atoms with Crippen molar-refractivity contribution in [1.29, 1.82) is 0 Å². The van der Waals surface area contributed by atoms with E-state index in [1.165, 1.54) is 18.2 Å². The summed E-state index contributed by atoms with van der Waals surface area (Å²) < 4.78 is 18.6. The van der Waals surface area contributed by atoms with Crippen molar-refractivity contribution in [3.8, 4) is 6.01 Å². The fourth-order valence-electron chi connectivity index (χ4n) is 1.45. The molecule has 0 atom stereocenters. The van der Waals surface area contributed by atoms with Crippen molar-refractivity contribution in [2.75, 3.05) is 17.3 Å². The quantitative estimate of drug-likeness (QED) is 0.556. The van der Waals surface area contributed by atoms with Gasteiger partial charge in [0, 0.05) is 0 Å². The molecule has 0 bridgehead atoms. The maximum absolute atomic E-state index is 13.2. The Morgan fingerprint density at radius 3 is 2.76 bits per heavy atom. The molecular weight excluding hydrogens is 299 g/mol. The summed E-state index contributed by atoms with van der Waals surface area (Å²) in [6.45, 7) is 2.41. The number of ether oxygens (including phenoxy) is 1. The van der Waals surface area contributed by atoms with Gasteiger partial charge in [0.25, 0.3) is 0 Å². The van der Waals surface area contributed by atoms with Crippen molar-refractivity contribution in [2.45, 2.75) is 13.3 Å². The van der Waals surface area contributed by atoms with Crippen molar-refractivity contribution in [3.63, 3.8) is 0 Å². The van der Waals surface area contributed by atoms with E-state index in [0.717, 1.165) is 6.42 Å². The Bertz CT molecular complexity index is 627. The van der Waals surface area contributed by atoms with Crippen molar-refractivity contribution >= 4 is 29.2 Å². The van der Waals surface area contributed by atoms with E-state index in [9.17, 15) is 4.39 Å². The molecule has 9 heteroatoms. The van der Waals surface area contributed by atoms with Crippen LogP contribution in [0.2, 0.25) is 5.02 Å². The average molecular weight is 313 g/mol. The number of nitrogens with one attached hydrogen (secondary N) is 2. The van der Waals surface area contributed by atoms with Crippen molar-refractivity contribution in [2.24, 2.45) is 5.84 Å². The van der Waals surface area contributed by atoms with Crippen LogP contribution in [0.25, 0.3) is 0 Å². The zero-order valence-corrected chi connectivity index (χ0v) is 12.0. The van der Waals surface area contributed by atoms with Gasteiger partial charge < -0.3 is 10.1 Å². The summed E-state index contributed by atoms with van der Waals surface area (Å²) in [5.41, 5.74) is 2.63. The third-order valence-corrected chi connectivity index (χ3v) is 2.68. The first kappa shape index (κ1) is 15.2. The molecule has 1 aromatic heterocycles. The number of nitrogens with two attached hydrogens (primary N) is 1. The Hall–Kier alpha value is -2.19. The highest BCUT2D eigenvalue weighted by Gasteiger charge is 2.09. The Balaban J connectivity index is 2.27. The Morgan fingerprint density at radius 2 is 2.05 bits per heavy atom. The predicted octanol–water partition coefficient (Wildman–Crippen LogP) is 2.48. The molecular formula is C12H14ClFN6O. The van der Waals surface area contributed by atoms with Crippen LogP contribution in [0.4, 0.5) is 22.0 Å². The molecule has 0 fully saturated rings. The molecule has 7 nitrogen and oxygen atoms in total. The van der Waals surface area contributed by atoms with Crippen molar-refractivity contribution in [3.05, 3.63) is 29.0 Å². The number of benzene rings is 1. The second-order valence-electron chi connectivity index (χ2n) is 4.01. The molecule has 1 aromatic carbocycles. The van der Waals surface area contributed by atoms with Crippen LogP contribution in [0.15, 0.2) is 18.2 Å². The first-order chi connectivity index (χ1) is 10.1. The summed E-state index contributed by atoms with van der Waals surface area (Å²) in [4.78, 5) is 12.0. The summed E-state index contributed by atoms with van der Waals surface area (Å²) in [6, 6.07) is 4.02. The molecule has 0 aliphatic heterocycles. The molecule has 0 spiro atoms. The van der Waals surface area contributed by atoms with Gasteiger partial charge in [-0.15, -0.1) is 0 Å². The molecule has 2 aromatic rings. The first-order valence-corrected chi connectivity index (χ1v) is 6.57. The number of halogens is 2. The summed E-state index contributed by atoms with van der Waals surface area (Å²) in [6.07, 6.45) is 0.801. The molecule has 0 radical (unpaired) electrons. The van der Waals surface area contributed by atoms with E-state index in [1.807, 2.05) is 6.92 Å². The normalized spacial score (nSPS) is 10.3. The lowest BCUT2D eigenvalue weighted by Gasteiger charge is -2.10. The maximum Gasteiger partial charge on any atom is 0.323 e. The summed E-state index contributed by atoms with van der Waals surface area (Å²) in [5.74, 6) is 5.11. The lowest BCUT2D eigenvalue weighted by molar-refractivity contribution is 0.292. The van der Waals surface area contributed by atoms with Gasteiger partial charge in [-0.25, -0.2) is 10.2 Å². The summed E-state index contributed by atoms with van der Waals surface area (Å²) in [5, 5.41) is 3.12. The molecule has 112 valence electrons. The molecule has 0 amide bonds. The number of nitrogen functional groups attached to an aromatic ring is 1. The highest BCUT2D eigenvalue weighted by molar-refractivity contribution is 6.33. The van der Waals surface area contributed by atoms with Gasteiger partial charge in [-0.3, -0.25) is 5.43 Å². The number of hydrazine groups is 1. The van der Waals surface area contributed by atoms with Crippen LogP contribution in [0.1, 0.15) is 13.3 Å². The molecule has 21 heavy (non-hydrogen) atoms. The van der Waals surface area contributed by atoms with Gasteiger partial charge in [-0.05, 0) is 24.6 Å². The van der Waals surface area contributed by atoms with E-state index < -0.39 is 5.82 Å². The van der Waals surface area contributed by atoms with Gasteiger partial charge >= 0.3 is 6.01 Å². The molecule has 0 aliphatic rings. The Labute approximate surface area is 125 Å². The predicted molar refractivity (Wildman–Crippen MR) is 78.1 cm³/mol. The average Bonchev–Trinajstić information content (AvgIpc) is 2.48. The van der Waals surface area contributed by atoms with Crippen molar-refractivity contribution < 1.29 is 9.13 Å². The van der Waals surface area contributed by atoms with Crippen LogP contribution in [0.3, 0.4) is 0 Å². The lowest BCUT2D eigenvalue weighted by atomic mass is 10.3. The highest BCUT2D eigenvalue weighted by atomic mass is 35.5. The molecule has 2 rings (SSSR count). The molecule has 1 heterocycles.